The number of rotatable bonds is 3. The molecule has 1 aliphatic rings. The number of nitrogen functional groups attached to an aromatic ring is 1. The normalized spacial score (nSPS) is 15.2. The third-order valence-electron chi connectivity index (χ3n) is 5.42. The minimum atomic E-state index is -0.930. The molecule has 0 aliphatic carbocycles. The van der Waals surface area contributed by atoms with Crippen molar-refractivity contribution in [2.45, 2.75) is 5.92 Å². The van der Waals surface area contributed by atoms with Gasteiger partial charge in [-0.25, -0.2) is 14.2 Å². The van der Waals surface area contributed by atoms with Crippen LogP contribution in [0.1, 0.15) is 22.7 Å². The van der Waals surface area contributed by atoms with Gasteiger partial charge in [0.05, 0.1) is 13.0 Å². The van der Waals surface area contributed by atoms with E-state index < -0.39 is 17.5 Å². The Labute approximate surface area is 216 Å². The molecule has 0 spiro atoms. The van der Waals surface area contributed by atoms with Gasteiger partial charge in [0.15, 0.2) is 0 Å². The fourth-order valence-electron chi connectivity index (χ4n) is 3.96. The van der Waals surface area contributed by atoms with Gasteiger partial charge in [0.1, 0.15) is 16.6 Å². The highest BCUT2D eigenvalue weighted by Crippen LogP contribution is 2.41. The maximum atomic E-state index is 13.0. The number of esters is 1. The number of carbonyl (C=O) groups excluding carboxylic acids is 1. The first-order valence-corrected chi connectivity index (χ1v) is 11.4. The average molecular weight is 553 g/mol. The van der Waals surface area contributed by atoms with Gasteiger partial charge in [0.25, 0.3) is 6.01 Å². The first kappa shape index (κ1) is 23.6. The molecule has 0 radical (unpaired) electrons. The molecule has 12 heteroatoms. The predicted octanol–water partition coefficient (Wildman–Crippen LogP) is 3.91. The van der Waals surface area contributed by atoms with E-state index in [2.05, 4.69) is 4.98 Å². The number of methoxy groups -OCH3 is 1. The van der Waals surface area contributed by atoms with E-state index in [0.717, 1.165) is 0 Å². The van der Waals surface area contributed by atoms with E-state index in [1.807, 2.05) is 0 Å². The largest absolute Gasteiger partial charge is 0.465 e. The van der Waals surface area contributed by atoms with E-state index in [1.165, 1.54) is 29.9 Å². The maximum absolute atomic E-state index is 13.0. The van der Waals surface area contributed by atoms with Crippen molar-refractivity contribution in [3.05, 3.63) is 94.6 Å². The molecule has 35 heavy (non-hydrogen) atoms. The summed E-state index contributed by atoms with van der Waals surface area (Å²) in [6.45, 7) is 0. The van der Waals surface area contributed by atoms with Crippen molar-refractivity contribution >= 4 is 70.0 Å². The Morgan fingerprint density at radius 2 is 1.77 bits per heavy atom. The van der Waals surface area contributed by atoms with E-state index in [9.17, 15) is 9.59 Å². The van der Waals surface area contributed by atoms with Crippen LogP contribution < -0.4 is 22.3 Å². The molecule has 2 aromatic carbocycles. The highest BCUT2D eigenvalue weighted by atomic mass is 35.5. The van der Waals surface area contributed by atoms with Crippen molar-refractivity contribution in [1.82, 2.24) is 9.55 Å². The van der Waals surface area contributed by atoms with Crippen LogP contribution in [0.25, 0.3) is 17.5 Å². The van der Waals surface area contributed by atoms with Crippen LogP contribution in [0.4, 0.5) is 6.01 Å². The van der Waals surface area contributed by atoms with Crippen LogP contribution >= 0.6 is 46.4 Å². The van der Waals surface area contributed by atoms with E-state index in [-0.39, 0.29) is 39.1 Å². The van der Waals surface area contributed by atoms with Crippen LogP contribution in [0.2, 0.25) is 20.1 Å². The lowest BCUT2D eigenvalue weighted by molar-refractivity contribution is -0.134. The van der Waals surface area contributed by atoms with Crippen molar-refractivity contribution in [3.63, 3.8) is 0 Å². The van der Waals surface area contributed by atoms with Gasteiger partial charge in [-0.2, -0.15) is 4.98 Å². The molecule has 0 saturated heterocycles. The number of benzene rings is 2. The first-order valence-electron chi connectivity index (χ1n) is 9.92. The van der Waals surface area contributed by atoms with Crippen molar-refractivity contribution in [2.75, 3.05) is 12.8 Å². The van der Waals surface area contributed by atoms with Crippen molar-refractivity contribution in [2.24, 2.45) is 0 Å². The highest BCUT2D eigenvalue weighted by molar-refractivity contribution is 6.36. The Morgan fingerprint density at radius 1 is 1.09 bits per heavy atom. The van der Waals surface area contributed by atoms with E-state index in [1.54, 1.807) is 24.3 Å². The van der Waals surface area contributed by atoms with Crippen LogP contribution in [-0.4, -0.2) is 22.6 Å². The molecular formula is C23H13Cl4N3O5. The summed E-state index contributed by atoms with van der Waals surface area (Å²) in [4.78, 5) is 30.4. The Hall–Kier alpha value is -3.17. The van der Waals surface area contributed by atoms with Crippen molar-refractivity contribution in [1.29, 1.82) is 0 Å². The number of nitrogens with two attached hydrogens (primary N) is 1. The molecule has 0 saturated carbocycles. The third-order valence-corrected chi connectivity index (χ3v) is 6.55. The molecule has 2 N–H and O–H groups in total. The topological polar surface area (TPSA) is 113 Å². The molecule has 2 aromatic heterocycles. The number of nitrogens with zero attached hydrogens (tertiary/aromatic N) is 2. The second kappa shape index (κ2) is 8.80. The Kier molecular flexibility index (Phi) is 5.93. The summed E-state index contributed by atoms with van der Waals surface area (Å²) in [7, 11) is 1.20. The summed E-state index contributed by atoms with van der Waals surface area (Å²) < 4.78 is 17.6. The number of ether oxygens (including phenoxy) is 1. The Morgan fingerprint density at radius 3 is 2.43 bits per heavy atom. The number of carbonyl (C=O) groups is 1. The molecule has 0 fully saturated rings. The second-order valence-electron chi connectivity index (χ2n) is 7.47. The molecule has 0 bridgehead atoms. The van der Waals surface area contributed by atoms with Gasteiger partial charge >= 0.3 is 11.6 Å². The van der Waals surface area contributed by atoms with Crippen molar-refractivity contribution < 1.29 is 18.4 Å². The Bertz CT molecular complexity index is 1700. The number of hydrogen-bond acceptors (Lipinski definition) is 7. The molecule has 1 aliphatic heterocycles. The number of hydrogen-bond donors (Lipinski definition) is 1. The van der Waals surface area contributed by atoms with Crippen LogP contribution in [0.5, 0.6) is 0 Å². The van der Waals surface area contributed by atoms with Crippen LogP contribution in [0.3, 0.4) is 0 Å². The van der Waals surface area contributed by atoms with Crippen molar-refractivity contribution in [3.8, 4) is 5.88 Å². The average Bonchev–Trinajstić information content (AvgIpc) is 3.33. The number of aromatic nitrogens is 2. The molecule has 4 aromatic rings. The lowest BCUT2D eigenvalue weighted by Gasteiger charge is -2.22. The number of fused-ring (bicyclic) bond motifs is 3. The fraction of sp³-hybridized carbons (Fsp3) is 0.0870. The molecule has 5 rings (SSSR count). The zero-order valence-electron chi connectivity index (χ0n) is 17.6. The van der Waals surface area contributed by atoms with E-state index >= 15 is 0 Å². The summed E-state index contributed by atoms with van der Waals surface area (Å²) in [5, 5.41) is 1.36. The SMILES string of the molecule is COC(=O)C1=c2oc(=O)/c(=C\c3ccc(Cl)cc3Cl)n2-c2oc(N)nc2[C@H]1c1ccc(Cl)cc1Cl. The first-order chi connectivity index (χ1) is 16.7. The Balaban J connectivity index is 1.93. The number of anilines is 1. The zero-order valence-corrected chi connectivity index (χ0v) is 20.7. The summed E-state index contributed by atoms with van der Waals surface area (Å²) >= 11 is 24.8. The van der Waals surface area contributed by atoms with Crippen LogP contribution in [-0.2, 0) is 9.53 Å². The minimum absolute atomic E-state index is 0.00341. The monoisotopic (exact) mass is 551 g/mol. The summed E-state index contributed by atoms with van der Waals surface area (Å²) in [5.41, 5.74) is 6.12. The molecular weight excluding hydrogens is 540 g/mol. The van der Waals surface area contributed by atoms with Crippen LogP contribution in [0.15, 0.2) is 50.0 Å². The van der Waals surface area contributed by atoms with E-state index in [4.69, 9.17) is 65.7 Å². The molecule has 3 heterocycles. The molecule has 1 atom stereocenters. The fourth-order valence-corrected chi connectivity index (χ4v) is 4.94. The molecule has 0 unspecified atom stereocenters. The molecule has 0 amide bonds. The van der Waals surface area contributed by atoms with E-state index in [0.29, 0.717) is 26.2 Å². The maximum Gasteiger partial charge on any atom is 0.362 e. The quantitative estimate of drug-likeness (QED) is 0.383. The standard InChI is InChI=1S/C23H13Cl4N3O5/c1-33-22(32)17-16(12-5-4-11(25)8-14(12)27)18-20(35-23(28)29-18)30-15(21(31)34-19(17)30)6-9-2-3-10(24)7-13(9)26/h2-8,16H,1H3,(H2,28,29)/b15-6+/t16-/m0/s1. The number of halogens is 4. The highest BCUT2D eigenvalue weighted by Gasteiger charge is 2.40. The summed E-state index contributed by atoms with van der Waals surface area (Å²) in [6.07, 6.45) is 1.47. The molecule has 178 valence electrons. The van der Waals surface area contributed by atoms with Gasteiger partial charge in [-0.05, 0) is 41.5 Å². The smallest absolute Gasteiger partial charge is 0.362 e. The summed E-state index contributed by atoms with van der Waals surface area (Å²) in [6, 6.07) is 9.32. The van der Waals surface area contributed by atoms with Gasteiger partial charge in [0.2, 0.25) is 11.4 Å². The zero-order chi connectivity index (χ0) is 25.0. The second-order valence-corrected chi connectivity index (χ2v) is 9.16. The van der Waals surface area contributed by atoms with Gasteiger partial charge < -0.3 is 19.3 Å². The number of oxazole rings is 2. The lowest BCUT2D eigenvalue weighted by Crippen LogP contribution is -2.37. The predicted molar refractivity (Wildman–Crippen MR) is 132 cm³/mol. The minimum Gasteiger partial charge on any atom is -0.465 e. The molecule has 8 nitrogen and oxygen atoms in total. The third kappa shape index (κ3) is 3.92. The van der Waals surface area contributed by atoms with Gasteiger partial charge in [0, 0.05) is 20.1 Å². The lowest BCUT2D eigenvalue weighted by atomic mass is 9.87. The van der Waals surface area contributed by atoms with Gasteiger partial charge in [-0.1, -0.05) is 58.5 Å². The van der Waals surface area contributed by atoms with Gasteiger partial charge in [-0.3, -0.25) is 0 Å². The van der Waals surface area contributed by atoms with Gasteiger partial charge in [-0.15, -0.1) is 0 Å². The summed E-state index contributed by atoms with van der Waals surface area (Å²) in [5.74, 6) is -1.63. The van der Waals surface area contributed by atoms with Crippen LogP contribution in [0, 0.1) is 0 Å².